The molecule has 0 saturated carbocycles. The summed E-state index contributed by atoms with van der Waals surface area (Å²) in [6, 6.07) is 47.6. The first-order chi connectivity index (χ1) is 22.5. The topological polar surface area (TPSA) is 82.1 Å². The van der Waals surface area contributed by atoms with E-state index < -0.39 is 17.9 Å². The molecule has 0 amide bonds. The van der Waals surface area contributed by atoms with E-state index in [0.717, 1.165) is 17.1 Å². The number of benzene rings is 6. The van der Waals surface area contributed by atoms with Crippen LogP contribution in [-0.2, 0) is 0 Å². The number of anilines is 3. The number of esters is 3. The van der Waals surface area contributed by atoms with E-state index in [9.17, 15) is 14.4 Å². The highest BCUT2D eigenvalue weighted by Crippen LogP contribution is 2.37. The normalized spacial score (nSPS) is 10.4. The van der Waals surface area contributed by atoms with Crippen molar-refractivity contribution in [1.29, 1.82) is 0 Å². The summed E-state index contributed by atoms with van der Waals surface area (Å²) >= 11 is 0. The zero-order valence-corrected chi connectivity index (χ0v) is 24.5. The summed E-state index contributed by atoms with van der Waals surface area (Å²) in [6.07, 6.45) is 0. The van der Waals surface area contributed by atoms with Crippen molar-refractivity contribution < 1.29 is 28.6 Å². The molecular weight excluding hydrogens is 578 g/mol. The van der Waals surface area contributed by atoms with E-state index in [-0.39, 0.29) is 0 Å². The van der Waals surface area contributed by atoms with Crippen LogP contribution in [0.25, 0.3) is 0 Å². The Balaban J connectivity index is 1.25. The third-order valence-corrected chi connectivity index (χ3v) is 6.94. The highest BCUT2D eigenvalue weighted by Gasteiger charge is 2.16. The smallest absolute Gasteiger partial charge is 0.343 e. The van der Waals surface area contributed by atoms with Crippen molar-refractivity contribution in [3.63, 3.8) is 0 Å². The molecule has 0 bridgehead atoms. The minimum absolute atomic E-state index is 0.392. The van der Waals surface area contributed by atoms with Crippen molar-refractivity contribution in [2.45, 2.75) is 0 Å². The largest absolute Gasteiger partial charge is 0.423 e. The lowest BCUT2D eigenvalue weighted by atomic mass is 10.1. The van der Waals surface area contributed by atoms with E-state index in [1.807, 2.05) is 59.5 Å². The third-order valence-electron chi connectivity index (χ3n) is 6.94. The van der Waals surface area contributed by atoms with Crippen LogP contribution in [0.1, 0.15) is 31.1 Å². The van der Waals surface area contributed by atoms with Crippen LogP contribution in [0.4, 0.5) is 17.1 Å². The molecule has 0 atom stereocenters. The van der Waals surface area contributed by atoms with Gasteiger partial charge in [0.05, 0.1) is 16.7 Å². The van der Waals surface area contributed by atoms with Crippen molar-refractivity contribution in [2.75, 3.05) is 4.90 Å². The lowest BCUT2D eigenvalue weighted by molar-refractivity contribution is 0.0725. The maximum atomic E-state index is 12.6. The number of hydrogen-bond acceptors (Lipinski definition) is 7. The van der Waals surface area contributed by atoms with Crippen LogP contribution in [0, 0.1) is 0 Å². The summed E-state index contributed by atoms with van der Waals surface area (Å²) in [7, 11) is 0. The second-order valence-corrected chi connectivity index (χ2v) is 10.1. The predicted octanol–water partition coefficient (Wildman–Crippen LogP) is 8.81. The molecule has 0 aromatic heterocycles. The molecule has 0 aliphatic rings. The lowest BCUT2D eigenvalue weighted by Crippen LogP contribution is -2.12. The van der Waals surface area contributed by atoms with E-state index in [0.29, 0.717) is 33.9 Å². The molecule has 0 N–H and O–H groups in total. The standard InChI is InChI=1S/C39H27NO6/c41-37(28-10-4-1-5-11-28)44-34-22-16-31(17-23-34)40(32-18-24-35(25-19-32)45-38(42)29-12-6-2-7-13-29)33-20-26-36(27-21-33)46-39(43)30-14-8-3-9-15-30/h1-27H. The zero-order valence-electron chi connectivity index (χ0n) is 24.5. The average Bonchev–Trinajstić information content (AvgIpc) is 3.11. The first-order valence-electron chi connectivity index (χ1n) is 14.5. The fourth-order valence-corrected chi connectivity index (χ4v) is 4.66. The molecule has 0 spiro atoms. The maximum Gasteiger partial charge on any atom is 0.343 e. The molecule has 0 unspecified atom stereocenters. The number of carbonyl (C=O) groups is 3. The van der Waals surface area contributed by atoms with Gasteiger partial charge in [0.1, 0.15) is 17.2 Å². The van der Waals surface area contributed by atoms with Crippen LogP contribution in [0.2, 0.25) is 0 Å². The molecule has 224 valence electrons. The molecule has 6 aromatic rings. The summed E-state index contributed by atoms with van der Waals surface area (Å²) in [6.45, 7) is 0. The van der Waals surface area contributed by atoms with Gasteiger partial charge in [-0.2, -0.15) is 0 Å². The van der Waals surface area contributed by atoms with E-state index in [4.69, 9.17) is 14.2 Å². The molecular formula is C39H27NO6. The highest BCUT2D eigenvalue weighted by molar-refractivity contribution is 5.92. The predicted molar refractivity (Wildman–Crippen MR) is 175 cm³/mol. The van der Waals surface area contributed by atoms with Crippen molar-refractivity contribution >= 4 is 35.0 Å². The van der Waals surface area contributed by atoms with Crippen LogP contribution >= 0.6 is 0 Å². The molecule has 46 heavy (non-hydrogen) atoms. The van der Waals surface area contributed by atoms with Gasteiger partial charge in [-0.05, 0) is 109 Å². The van der Waals surface area contributed by atoms with Gasteiger partial charge in [-0.15, -0.1) is 0 Å². The van der Waals surface area contributed by atoms with Gasteiger partial charge in [0.25, 0.3) is 0 Å². The Morgan fingerprint density at radius 1 is 0.326 bits per heavy atom. The Labute approximate surface area is 265 Å². The fraction of sp³-hybridized carbons (Fsp3) is 0. The van der Waals surface area contributed by atoms with Crippen LogP contribution in [0.15, 0.2) is 164 Å². The molecule has 6 rings (SSSR count). The minimum Gasteiger partial charge on any atom is -0.423 e. The Morgan fingerprint density at radius 3 is 0.804 bits per heavy atom. The summed E-state index contributed by atoms with van der Waals surface area (Å²) in [4.78, 5) is 39.7. The number of nitrogens with zero attached hydrogens (tertiary/aromatic N) is 1. The van der Waals surface area contributed by atoms with Crippen molar-refractivity contribution in [3.05, 3.63) is 180 Å². The van der Waals surface area contributed by atoms with Crippen LogP contribution in [0.3, 0.4) is 0 Å². The lowest BCUT2D eigenvalue weighted by Gasteiger charge is -2.26. The number of hydrogen-bond donors (Lipinski definition) is 0. The average molecular weight is 606 g/mol. The number of carbonyl (C=O) groups excluding carboxylic acids is 3. The number of rotatable bonds is 9. The molecule has 7 nitrogen and oxygen atoms in total. The first kappa shape index (κ1) is 29.6. The van der Waals surface area contributed by atoms with E-state index >= 15 is 0 Å². The van der Waals surface area contributed by atoms with Gasteiger partial charge in [0.15, 0.2) is 0 Å². The molecule has 0 saturated heterocycles. The van der Waals surface area contributed by atoms with E-state index in [1.54, 1.807) is 109 Å². The zero-order chi connectivity index (χ0) is 31.7. The monoisotopic (exact) mass is 605 g/mol. The Kier molecular flexibility index (Phi) is 8.93. The second kappa shape index (κ2) is 13.9. The molecule has 0 heterocycles. The van der Waals surface area contributed by atoms with E-state index in [1.165, 1.54) is 0 Å². The van der Waals surface area contributed by atoms with Crippen LogP contribution < -0.4 is 19.1 Å². The summed E-state index contributed by atoms with van der Waals surface area (Å²) < 4.78 is 16.7. The van der Waals surface area contributed by atoms with E-state index in [2.05, 4.69) is 0 Å². The van der Waals surface area contributed by atoms with Crippen LogP contribution in [-0.4, -0.2) is 17.9 Å². The summed E-state index contributed by atoms with van der Waals surface area (Å²) in [5, 5.41) is 0. The van der Waals surface area contributed by atoms with Gasteiger partial charge in [0, 0.05) is 17.1 Å². The van der Waals surface area contributed by atoms with Crippen molar-refractivity contribution in [1.82, 2.24) is 0 Å². The first-order valence-corrected chi connectivity index (χ1v) is 14.5. The third kappa shape index (κ3) is 7.18. The van der Waals surface area contributed by atoms with Crippen molar-refractivity contribution in [2.24, 2.45) is 0 Å². The molecule has 0 aliphatic heterocycles. The minimum atomic E-state index is -0.452. The number of ether oxygens (including phenoxy) is 3. The SMILES string of the molecule is O=C(Oc1ccc(N(c2ccc(OC(=O)c3ccccc3)cc2)c2ccc(OC(=O)c3ccccc3)cc2)cc1)c1ccccc1. The Hall–Kier alpha value is -6.47. The van der Waals surface area contributed by atoms with Gasteiger partial charge < -0.3 is 19.1 Å². The quantitative estimate of drug-likeness (QED) is 0.120. The molecule has 7 heteroatoms. The Morgan fingerprint density at radius 2 is 0.565 bits per heavy atom. The molecule has 0 fully saturated rings. The van der Waals surface area contributed by atoms with Gasteiger partial charge in [-0.3, -0.25) is 0 Å². The molecule has 0 radical (unpaired) electrons. The summed E-state index contributed by atoms with van der Waals surface area (Å²) in [5.41, 5.74) is 3.66. The summed E-state index contributed by atoms with van der Waals surface area (Å²) in [5.74, 6) is -0.179. The Bertz CT molecular complexity index is 1690. The van der Waals surface area contributed by atoms with Gasteiger partial charge in [-0.1, -0.05) is 54.6 Å². The fourth-order valence-electron chi connectivity index (χ4n) is 4.66. The van der Waals surface area contributed by atoms with Gasteiger partial charge >= 0.3 is 17.9 Å². The molecule has 0 aliphatic carbocycles. The maximum absolute atomic E-state index is 12.6. The second-order valence-electron chi connectivity index (χ2n) is 10.1. The van der Waals surface area contributed by atoms with Crippen LogP contribution in [0.5, 0.6) is 17.2 Å². The van der Waals surface area contributed by atoms with Crippen molar-refractivity contribution in [3.8, 4) is 17.2 Å². The highest BCUT2D eigenvalue weighted by atomic mass is 16.5. The molecule has 6 aromatic carbocycles. The van der Waals surface area contributed by atoms with Gasteiger partial charge in [-0.25, -0.2) is 14.4 Å². The van der Waals surface area contributed by atoms with Gasteiger partial charge in [0.2, 0.25) is 0 Å².